The van der Waals surface area contributed by atoms with Crippen LogP contribution in [0, 0.1) is 6.92 Å². The van der Waals surface area contributed by atoms with Crippen LogP contribution in [0.1, 0.15) is 27.7 Å². The van der Waals surface area contributed by atoms with Gasteiger partial charge in [0.1, 0.15) is 6.17 Å². The molecule has 0 aliphatic carbocycles. The van der Waals surface area contributed by atoms with Crippen LogP contribution < -0.4 is 10.6 Å². The summed E-state index contributed by atoms with van der Waals surface area (Å²) >= 11 is 0. The van der Waals surface area contributed by atoms with E-state index in [9.17, 15) is 4.79 Å². The monoisotopic (exact) mass is 228 g/mol. The van der Waals surface area contributed by atoms with E-state index < -0.39 is 0 Å². The van der Waals surface area contributed by atoms with Crippen LogP contribution in [-0.4, -0.2) is 5.91 Å². The Bertz CT molecular complexity index is 561. The third-order valence-corrected chi connectivity index (χ3v) is 2.87. The molecule has 2 heterocycles. The Hall–Kier alpha value is -2.23. The Morgan fingerprint density at radius 3 is 2.88 bits per heavy atom. The molecule has 4 nitrogen and oxygen atoms in total. The molecule has 1 aliphatic heterocycles. The van der Waals surface area contributed by atoms with E-state index in [0.29, 0.717) is 5.56 Å². The quantitative estimate of drug-likeness (QED) is 0.788. The molecule has 0 radical (unpaired) electrons. The van der Waals surface area contributed by atoms with Crippen LogP contribution in [0.5, 0.6) is 0 Å². The van der Waals surface area contributed by atoms with Crippen LogP contribution in [0.25, 0.3) is 0 Å². The first-order valence-electron chi connectivity index (χ1n) is 5.44. The zero-order valence-corrected chi connectivity index (χ0v) is 9.36. The maximum absolute atomic E-state index is 12.0. The van der Waals surface area contributed by atoms with Gasteiger partial charge in [-0.2, -0.15) is 0 Å². The predicted molar refractivity (Wildman–Crippen MR) is 63.7 cm³/mol. The second kappa shape index (κ2) is 3.66. The van der Waals surface area contributed by atoms with Crippen LogP contribution in [0.15, 0.2) is 41.2 Å². The lowest BCUT2D eigenvalue weighted by molar-refractivity contribution is 0.0935. The first-order valence-corrected chi connectivity index (χ1v) is 5.44. The third kappa shape index (κ3) is 1.67. The van der Waals surface area contributed by atoms with E-state index in [4.69, 9.17) is 4.42 Å². The maximum Gasteiger partial charge on any atom is 0.255 e. The van der Waals surface area contributed by atoms with Gasteiger partial charge in [-0.25, -0.2) is 0 Å². The van der Waals surface area contributed by atoms with E-state index in [-0.39, 0.29) is 12.1 Å². The van der Waals surface area contributed by atoms with Gasteiger partial charge >= 0.3 is 0 Å². The summed E-state index contributed by atoms with van der Waals surface area (Å²) in [6.45, 7) is 1.97. The minimum atomic E-state index is -0.226. The Morgan fingerprint density at radius 2 is 2.12 bits per heavy atom. The number of carbonyl (C=O) groups is 1. The van der Waals surface area contributed by atoms with E-state index in [1.807, 2.05) is 31.2 Å². The molecule has 0 saturated heterocycles. The molecule has 1 aromatic heterocycles. The normalized spacial score (nSPS) is 18.2. The number of hydrogen-bond donors (Lipinski definition) is 2. The molecule has 0 fully saturated rings. The van der Waals surface area contributed by atoms with Gasteiger partial charge < -0.3 is 15.1 Å². The molecule has 1 amide bonds. The zero-order chi connectivity index (χ0) is 11.8. The van der Waals surface area contributed by atoms with Gasteiger partial charge in [-0.3, -0.25) is 4.79 Å². The van der Waals surface area contributed by atoms with Gasteiger partial charge in [0.25, 0.3) is 5.91 Å². The van der Waals surface area contributed by atoms with Gasteiger partial charge in [-0.1, -0.05) is 11.6 Å². The van der Waals surface area contributed by atoms with Crippen LogP contribution in [-0.2, 0) is 0 Å². The summed E-state index contributed by atoms with van der Waals surface area (Å²) in [6, 6.07) is 7.62. The number of furan rings is 1. The van der Waals surface area contributed by atoms with E-state index in [1.54, 1.807) is 12.5 Å². The van der Waals surface area contributed by atoms with Gasteiger partial charge in [0.05, 0.1) is 18.1 Å². The SMILES string of the molecule is Cc1ccc2c(c1)C(=O)NC(c1ccoc1)N2. The van der Waals surface area contributed by atoms with Crippen molar-refractivity contribution in [3.8, 4) is 0 Å². The van der Waals surface area contributed by atoms with Gasteiger partial charge in [-0.15, -0.1) is 0 Å². The van der Waals surface area contributed by atoms with Crippen molar-refractivity contribution < 1.29 is 9.21 Å². The van der Waals surface area contributed by atoms with Crippen LogP contribution in [0.4, 0.5) is 5.69 Å². The van der Waals surface area contributed by atoms with Crippen molar-refractivity contribution in [1.29, 1.82) is 0 Å². The highest BCUT2D eigenvalue weighted by atomic mass is 16.3. The number of carbonyl (C=O) groups excluding carboxylic acids is 1. The Balaban J connectivity index is 1.99. The molecule has 1 aromatic carbocycles. The standard InChI is InChI=1S/C13H12N2O2/c1-8-2-3-11-10(6-8)13(16)15-12(14-11)9-4-5-17-7-9/h2-7,12,14H,1H3,(H,15,16). The molecular weight excluding hydrogens is 216 g/mol. The largest absolute Gasteiger partial charge is 0.472 e. The summed E-state index contributed by atoms with van der Waals surface area (Å²) in [4.78, 5) is 12.0. The fourth-order valence-electron chi connectivity index (χ4n) is 1.98. The minimum Gasteiger partial charge on any atom is -0.472 e. The molecule has 1 unspecified atom stereocenters. The van der Waals surface area contributed by atoms with Gasteiger partial charge in [0, 0.05) is 11.3 Å². The third-order valence-electron chi connectivity index (χ3n) is 2.87. The molecule has 1 atom stereocenters. The fraction of sp³-hybridized carbons (Fsp3) is 0.154. The first kappa shape index (κ1) is 9.96. The molecule has 0 saturated carbocycles. The van der Waals surface area contributed by atoms with Crippen molar-refractivity contribution in [2.24, 2.45) is 0 Å². The highest BCUT2D eigenvalue weighted by Crippen LogP contribution is 2.27. The fourth-order valence-corrected chi connectivity index (χ4v) is 1.98. The topological polar surface area (TPSA) is 54.3 Å². The minimum absolute atomic E-state index is 0.0614. The number of nitrogens with one attached hydrogen (secondary N) is 2. The maximum atomic E-state index is 12.0. The molecule has 3 rings (SSSR count). The van der Waals surface area contributed by atoms with Crippen molar-refractivity contribution in [3.63, 3.8) is 0 Å². The number of aryl methyl sites for hydroxylation is 1. The smallest absolute Gasteiger partial charge is 0.255 e. The number of hydrogen-bond acceptors (Lipinski definition) is 3. The van der Waals surface area contributed by atoms with E-state index in [1.165, 1.54) is 0 Å². The highest BCUT2D eigenvalue weighted by Gasteiger charge is 2.24. The van der Waals surface area contributed by atoms with Crippen molar-refractivity contribution in [2.45, 2.75) is 13.1 Å². The Morgan fingerprint density at radius 1 is 1.24 bits per heavy atom. The van der Waals surface area contributed by atoms with Gasteiger partial charge in [-0.05, 0) is 25.1 Å². The van der Waals surface area contributed by atoms with Crippen molar-refractivity contribution in [2.75, 3.05) is 5.32 Å². The van der Waals surface area contributed by atoms with Gasteiger partial charge in [0.2, 0.25) is 0 Å². The molecule has 2 aromatic rings. The van der Waals surface area contributed by atoms with Gasteiger partial charge in [0.15, 0.2) is 0 Å². The summed E-state index contributed by atoms with van der Waals surface area (Å²) in [5.74, 6) is -0.0614. The average molecular weight is 228 g/mol. The Kier molecular flexibility index (Phi) is 2.14. The number of amides is 1. The Labute approximate surface area is 98.6 Å². The molecule has 17 heavy (non-hydrogen) atoms. The van der Waals surface area contributed by atoms with Crippen molar-refractivity contribution in [1.82, 2.24) is 5.32 Å². The first-order chi connectivity index (χ1) is 8.24. The predicted octanol–water partition coefficient (Wildman–Crippen LogP) is 2.44. The summed E-state index contributed by atoms with van der Waals surface area (Å²) in [5.41, 5.74) is 3.52. The number of benzene rings is 1. The molecule has 0 bridgehead atoms. The number of anilines is 1. The zero-order valence-electron chi connectivity index (χ0n) is 9.36. The molecule has 0 spiro atoms. The average Bonchev–Trinajstić information content (AvgIpc) is 2.83. The lowest BCUT2D eigenvalue weighted by Gasteiger charge is -2.27. The molecule has 86 valence electrons. The molecule has 1 aliphatic rings. The van der Waals surface area contributed by atoms with Crippen LogP contribution >= 0.6 is 0 Å². The second-order valence-electron chi connectivity index (χ2n) is 4.16. The van der Waals surface area contributed by atoms with Crippen molar-refractivity contribution >= 4 is 11.6 Å². The highest BCUT2D eigenvalue weighted by molar-refractivity contribution is 6.01. The number of fused-ring (bicyclic) bond motifs is 1. The summed E-state index contributed by atoms with van der Waals surface area (Å²) in [6.07, 6.45) is 2.99. The van der Waals surface area contributed by atoms with Crippen LogP contribution in [0.2, 0.25) is 0 Å². The van der Waals surface area contributed by atoms with E-state index >= 15 is 0 Å². The lowest BCUT2D eigenvalue weighted by Crippen LogP contribution is -2.38. The molecule has 4 heteroatoms. The summed E-state index contributed by atoms with van der Waals surface area (Å²) < 4.78 is 5.02. The summed E-state index contributed by atoms with van der Waals surface area (Å²) in [7, 11) is 0. The lowest BCUT2D eigenvalue weighted by atomic mass is 10.0. The number of rotatable bonds is 1. The van der Waals surface area contributed by atoms with E-state index in [0.717, 1.165) is 16.8 Å². The van der Waals surface area contributed by atoms with E-state index in [2.05, 4.69) is 10.6 Å². The molecule has 2 N–H and O–H groups in total. The molecular formula is C13H12N2O2. The summed E-state index contributed by atoms with van der Waals surface area (Å²) in [5, 5.41) is 6.16. The second-order valence-corrected chi connectivity index (χ2v) is 4.16. The van der Waals surface area contributed by atoms with Crippen LogP contribution in [0.3, 0.4) is 0 Å². The van der Waals surface area contributed by atoms with Crippen molar-refractivity contribution in [3.05, 3.63) is 53.5 Å².